The number of nitrogens with one attached hydrogen (secondary N) is 1. The van der Waals surface area contributed by atoms with Crippen LogP contribution in [0.5, 0.6) is 0 Å². The van der Waals surface area contributed by atoms with Crippen LogP contribution in [0.15, 0.2) is 6.07 Å². The summed E-state index contributed by atoms with van der Waals surface area (Å²) in [4.78, 5) is 30.7. The summed E-state index contributed by atoms with van der Waals surface area (Å²) in [7, 11) is 0. The predicted octanol–water partition coefficient (Wildman–Crippen LogP) is 3.55. The summed E-state index contributed by atoms with van der Waals surface area (Å²) in [6.45, 7) is 3.80. The maximum atomic E-state index is 13.3. The third kappa shape index (κ3) is 4.03. The molecule has 0 bridgehead atoms. The Hall–Kier alpha value is -1.81. The van der Waals surface area contributed by atoms with Crippen LogP contribution in [-0.4, -0.2) is 65.8 Å². The highest BCUT2D eigenvalue weighted by atomic mass is 32.1. The Labute approximate surface area is 177 Å². The minimum atomic E-state index is -4.57. The number of ether oxygens (including phenoxy) is 1. The van der Waals surface area contributed by atoms with Crippen molar-refractivity contribution in [3.63, 3.8) is 0 Å². The van der Waals surface area contributed by atoms with Crippen molar-refractivity contribution in [2.24, 2.45) is 0 Å². The lowest BCUT2D eigenvalue weighted by atomic mass is 9.85. The van der Waals surface area contributed by atoms with E-state index < -0.39 is 18.4 Å². The van der Waals surface area contributed by atoms with E-state index in [4.69, 9.17) is 0 Å². The number of alkyl halides is 3. The molecule has 4 rings (SSSR count). The lowest BCUT2D eigenvalue weighted by Crippen LogP contribution is -2.55. The zero-order valence-electron chi connectivity index (χ0n) is 16.9. The maximum Gasteiger partial charge on any atom is 0.425 e. The molecule has 3 aliphatic heterocycles. The molecule has 2 fully saturated rings. The summed E-state index contributed by atoms with van der Waals surface area (Å²) in [6, 6.07) is 1.99. The van der Waals surface area contributed by atoms with Gasteiger partial charge in [-0.25, -0.2) is 4.79 Å². The highest BCUT2D eigenvalue weighted by molar-refractivity contribution is 7.14. The first-order valence-corrected chi connectivity index (χ1v) is 11.2. The van der Waals surface area contributed by atoms with Crippen LogP contribution in [0, 0.1) is 0 Å². The molecule has 10 heteroatoms. The number of carbonyl (C=O) groups is 2. The van der Waals surface area contributed by atoms with E-state index in [-0.39, 0.29) is 24.5 Å². The van der Waals surface area contributed by atoms with Gasteiger partial charge in [-0.3, -0.25) is 4.79 Å². The number of carbonyl (C=O) groups excluding carboxylic acids is 2. The van der Waals surface area contributed by atoms with Gasteiger partial charge < -0.3 is 19.9 Å². The second-order valence-electron chi connectivity index (χ2n) is 8.33. The molecule has 1 N–H and O–H groups in total. The van der Waals surface area contributed by atoms with Crippen LogP contribution in [0.1, 0.15) is 52.7 Å². The first-order valence-electron chi connectivity index (χ1n) is 10.4. The molecule has 1 aromatic heterocycles. The second kappa shape index (κ2) is 8.03. The molecule has 0 saturated carbocycles. The number of hydrogen-bond donors (Lipinski definition) is 1. The highest BCUT2D eigenvalue weighted by Gasteiger charge is 2.47. The van der Waals surface area contributed by atoms with Crippen molar-refractivity contribution in [3.05, 3.63) is 21.4 Å². The summed E-state index contributed by atoms with van der Waals surface area (Å²) in [6.07, 6.45) is -3.85. The van der Waals surface area contributed by atoms with Gasteiger partial charge in [0.15, 0.2) is 6.10 Å². The monoisotopic (exact) mass is 445 g/mol. The molecule has 1 spiro atoms. The largest absolute Gasteiger partial charge is 0.437 e. The molecule has 4 heterocycles. The van der Waals surface area contributed by atoms with Crippen molar-refractivity contribution in [1.29, 1.82) is 0 Å². The standard InChI is InChI=1S/C20H26F3N3O3S/c1-13(20(21,22)23)29-18(28)25-9-5-19(6-10-25)4-2-8-26(19)17(27)16-11-14-12-24-7-3-15(14)30-16/h11,13,24H,2-10,12H2,1H3. The number of likely N-dealkylation sites (tertiary alicyclic amines) is 2. The van der Waals surface area contributed by atoms with Crippen molar-refractivity contribution in [2.45, 2.75) is 63.4 Å². The molecule has 2 saturated heterocycles. The fourth-order valence-corrected chi connectivity index (χ4v) is 5.79. The number of thiophene rings is 1. The fraction of sp³-hybridized carbons (Fsp3) is 0.700. The zero-order chi connectivity index (χ0) is 21.5. The predicted molar refractivity (Wildman–Crippen MR) is 106 cm³/mol. The molecule has 2 amide bonds. The van der Waals surface area contributed by atoms with E-state index in [1.807, 2.05) is 11.0 Å². The highest BCUT2D eigenvalue weighted by Crippen LogP contribution is 2.40. The van der Waals surface area contributed by atoms with Gasteiger partial charge in [0.05, 0.1) is 4.88 Å². The van der Waals surface area contributed by atoms with E-state index in [1.165, 1.54) is 15.3 Å². The van der Waals surface area contributed by atoms with Gasteiger partial charge in [0, 0.05) is 43.1 Å². The Kier molecular flexibility index (Phi) is 5.73. The lowest BCUT2D eigenvalue weighted by molar-refractivity contribution is -0.200. The summed E-state index contributed by atoms with van der Waals surface area (Å²) in [5, 5.41) is 3.32. The van der Waals surface area contributed by atoms with Crippen molar-refractivity contribution in [1.82, 2.24) is 15.1 Å². The Balaban J connectivity index is 1.41. The quantitative estimate of drug-likeness (QED) is 0.756. The number of halogens is 3. The Bertz CT molecular complexity index is 794. The fourth-order valence-electron chi connectivity index (χ4n) is 4.66. The molecule has 6 nitrogen and oxygen atoms in total. The molecule has 1 unspecified atom stereocenters. The average Bonchev–Trinajstić information content (AvgIpc) is 3.31. The minimum absolute atomic E-state index is 0.0358. The van der Waals surface area contributed by atoms with Crippen LogP contribution < -0.4 is 5.32 Å². The first kappa shape index (κ1) is 21.4. The number of amides is 2. The van der Waals surface area contributed by atoms with Gasteiger partial charge in [0.2, 0.25) is 0 Å². The van der Waals surface area contributed by atoms with Gasteiger partial charge in [-0.15, -0.1) is 11.3 Å². The van der Waals surface area contributed by atoms with Gasteiger partial charge in [-0.1, -0.05) is 0 Å². The number of nitrogens with zero attached hydrogens (tertiary/aromatic N) is 2. The maximum absolute atomic E-state index is 13.3. The molecule has 3 aliphatic rings. The smallest absolute Gasteiger partial charge is 0.425 e. The second-order valence-corrected chi connectivity index (χ2v) is 9.46. The van der Waals surface area contributed by atoms with E-state index in [1.54, 1.807) is 11.3 Å². The molecule has 0 aliphatic carbocycles. The number of piperidine rings is 1. The molecule has 1 atom stereocenters. The Morgan fingerprint density at radius 3 is 2.63 bits per heavy atom. The van der Waals surface area contributed by atoms with Crippen molar-refractivity contribution in [2.75, 3.05) is 26.2 Å². The summed E-state index contributed by atoms with van der Waals surface area (Å²) in [5.74, 6) is 0.0358. The topological polar surface area (TPSA) is 61.9 Å². The van der Waals surface area contributed by atoms with Gasteiger partial charge in [-0.2, -0.15) is 13.2 Å². The molecular formula is C20H26F3N3O3S. The van der Waals surface area contributed by atoms with Crippen molar-refractivity contribution >= 4 is 23.3 Å². The van der Waals surface area contributed by atoms with E-state index >= 15 is 0 Å². The van der Waals surface area contributed by atoms with Crippen LogP contribution in [0.25, 0.3) is 0 Å². The van der Waals surface area contributed by atoms with Gasteiger partial charge in [0.25, 0.3) is 5.91 Å². The molecular weight excluding hydrogens is 419 g/mol. The Morgan fingerprint density at radius 1 is 1.23 bits per heavy atom. The Morgan fingerprint density at radius 2 is 1.97 bits per heavy atom. The van der Waals surface area contributed by atoms with Crippen LogP contribution >= 0.6 is 11.3 Å². The third-order valence-corrected chi connectivity index (χ3v) is 7.71. The van der Waals surface area contributed by atoms with Gasteiger partial charge >= 0.3 is 12.3 Å². The van der Waals surface area contributed by atoms with Crippen molar-refractivity contribution < 1.29 is 27.5 Å². The van der Waals surface area contributed by atoms with E-state index in [0.717, 1.165) is 44.2 Å². The third-order valence-electron chi connectivity index (χ3n) is 6.48. The number of hydrogen-bond acceptors (Lipinski definition) is 5. The SMILES string of the molecule is CC(OC(=O)N1CCC2(CCCN2C(=O)c2cc3c(s2)CCNC3)CC1)C(F)(F)F. The van der Waals surface area contributed by atoms with Gasteiger partial charge in [0.1, 0.15) is 0 Å². The summed E-state index contributed by atoms with van der Waals surface area (Å²) < 4.78 is 42.6. The summed E-state index contributed by atoms with van der Waals surface area (Å²) >= 11 is 1.57. The van der Waals surface area contributed by atoms with Crippen LogP contribution in [0.2, 0.25) is 0 Å². The zero-order valence-corrected chi connectivity index (χ0v) is 17.7. The van der Waals surface area contributed by atoms with E-state index in [0.29, 0.717) is 19.4 Å². The molecule has 30 heavy (non-hydrogen) atoms. The number of rotatable bonds is 2. The molecule has 0 aromatic carbocycles. The molecule has 1 aromatic rings. The molecule has 166 valence electrons. The lowest BCUT2D eigenvalue weighted by Gasteiger charge is -2.44. The van der Waals surface area contributed by atoms with E-state index in [9.17, 15) is 22.8 Å². The number of fused-ring (bicyclic) bond motifs is 1. The normalized spacial score (nSPS) is 22.1. The van der Waals surface area contributed by atoms with Crippen molar-refractivity contribution in [3.8, 4) is 0 Å². The van der Waals surface area contributed by atoms with Gasteiger partial charge in [-0.05, 0) is 50.7 Å². The first-order chi connectivity index (χ1) is 14.2. The average molecular weight is 446 g/mol. The van der Waals surface area contributed by atoms with E-state index in [2.05, 4.69) is 10.1 Å². The minimum Gasteiger partial charge on any atom is -0.437 e. The molecule has 0 radical (unpaired) electrons. The van der Waals surface area contributed by atoms with Crippen LogP contribution in [0.3, 0.4) is 0 Å². The van der Waals surface area contributed by atoms with Crippen LogP contribution in [0.4, 0.5) is 18.0 Å². The summed E-state index contributed by atoms with van der Waals surface area (Å²) in [5.41, 5.74) is 0.867. The van der Waals surface area contributed by atoms with Crippen LogP contribution in [-0.2, 0) is 17.7 Å².